The van der Waals surface area contributed by atoms with E-state index in [1.54, 1.807) is 11.9 Å². The number of ether oxygens (including phenoxy) is 2. The molecule has 1 amide bonds. The number of fused-ring (bicyclic) bond motifs is 1. The molecule has 1 atom stereocenters. The molecule has 0 unspecified atom stereocenters. The van der Waals surface area contributed by atoms with Crippen LogP contribution in [0.2, 0.25) is 0 Å². The number of hydrogen-bond donors (Lipinski definition) is 0. The van der Waals surface area contributed by atoms with Crippen LogP contribution in [-0.2, 0) is 21.1 Å². The SMILES string of the molecule is CN(C(=O)CCc1ccc2c(c1)OCO2)[C@@H]1CCS(=O)(=O)C1. The van der Waals surface area contributed by atoms with E-state index < -0.39 is 9.84 Å². The van der Waals surface area contributed by atoms with Crippen molar-refractivity contribution in [3.05, 3.63) is 23.8 Å². The van der Waals surface area contributed by atoms with Gasteiger partial charge < -0.3 is 14.4 Å². The molecule has 6 nitrogen and oxygen atoms in total. The maximum absolute atomic E-state index is 12.2. The van der Waals surface area contributed by atoms with Gasteiger partial charge in [-0.2, -0.15) is 0 Å². The molecule has 0 aromatic heterocycles. The van der Waals surface area contributed by atoms with Gasteiger partial charge in [0.25, 0.3) is 0 Å². The van der Waals surface area contributed by atoms with Crippen molar-refractivity contribution in [1.29, 1.82) is 0 Å². The molecule has 0 aliphatic carbocycles. The van der Waals surface area contributed by atoms with E-state index in [1.165, 1.54) is 0 Å². The van der Waals surface area contributed by atoms with Crippen LogP contribution in [0.4, 0.5) is 0 Å². The normalized spacial score (nSPS) is 21.8. The highest BCUT2D eigenvalue weighted by molar-refractivity contribution is 7.91. The second-order valence-electron chi connectivity index (χ2n) is 5.75. The van der Waals surface area contributed by atoms with Gasteiger partial charge in [0.2, 0.25) is 12.7 Å². The Bertz CT molecular complexity index is 685. The van der Waals surface area contributed by atoms with Crippen molar-refractivity contribution in [1.82, 2.24) is 4.90 Å². The largest absolute Gasteiger partial charge is 0.454 e. The molecule has 0 bridgehead atoms. The summed E-state index contributed by atoms with van der Waals surface area (Å²) >= 11 is 0. The number of nitrogens with zero attached hydrogens (tertiary/aromatic N) is 1. The topological polar surface area (TPSA) is 72.9 Å². The Labute approximate surface area is 129 Å². The first-order chi connectivity index (χ1) is 10.4. The Hall–Kier alpha value is -1.76. The molecule has 0 radical (unpaired) electrons. The lowest BCUT2D eigenvalue weighted by atomic mass is 10.1. The Balaban J connectivity index is 1.56. The number of carbonyl (C=O) groups is 1. The van der Waals surface area contributed by atoms with Gasteiger partial charge in [0, 0.05) is 19.5 Å². The van der Waals surface area contributed by atoms with Crippen LogP contribution < -0.4 is 9.47 Å². The summed E-state index contributed by atoms with van der Waals surface area (Å²) in [4.78, 5) is 13.8. The van der Waals surface area contributed by atoms with Gasteiger partial charge in [-0.05, 0) is 30.5 Å². The molecule has 7 heteroatoms. The van der Waals surface area contributed by atoms with E-state index in [9.17, 15) is 13.2 Å². The van der Waals surface area contributed by atoms with Gasteiger partial charge in [0.15, 0.2) is 21.3 Å². The van der Waals surface area contributed by atoms with Gasteiger partial charge in [0.1, 0.15) is 0 Å². The van der Waals surface area contributed by atoms with Crippen molar-refractivity contribution in [2.45, 2.75) is 25.3 Å². The third kappa shape index (κ3) is 3.19. The van der Waals surface area contributed by atoms with E-state index in [2.05, 4.69) is 0 Å². The molecular formula is C15H19NO5S. The molecule has 1 aromatic carbocycles. The zero-order valence-corrected chi connectivity index (χ0v) is 13.3. The van der Waals surface area contributed by atoms with Crippen molar-refractivity contribution < 1.29 is 22.7 Å². The number of hydrogen-bond acceptors (Lipinski definition) is 5. The number of carbonyl (C=O) groups excluding carboxylic acids is 1. The average Bonchev–Trinajstić information content (AvgIpc) is 3.09. The molecule has 2 heterocycles. The summed E-state index contributed by atoms with van der Waals surface area (Å²) < 4.78 is 33.5. The molecule has 0 spiro atoms. The quantitative estimate of drug-likeness (QED) is 0.825. The lowest BCUT2D eigenvalue weighted by Gasteiger charge is -2.23. The number of aryl methyl sites for hydroxylation is 1. The summed E-state index contributed by atoms with van der Waals surface area (Å²) in [6, 6.07) is 5.46. The maximum Gasteiger partial charge on any atom is 0.231 e. The van der Waals surface area contributed by atoms with Crippen LogP contribution in [0.3, 0.4) is 0 Å². The molecule has 120 valence electrons. The molecule has 1 aromatic rings. The summed E-state index contributed by atoms with van der Waals surface area (Å²) in [5.41, 5.74) is 1.00. The first-order valence-corrected chi connectivity index (χ1v) is 9.11. The zero-order valence-electron chi connectivity index (χ0n) is 12.4. The Morgan fingerprint density at radius 2 is 2.09 bits per heavy atom. The summed E-state index contributed by atoms with van der Waals surface area (Å²) in [5.74, 6) is 1.67. The standard InChI is InChI=1S/C15H19NO5S/c1-16(12-6-7-22(18,19)9-12)15(17)5-3-11-2-4-13-14(8-11)21-10-20-13/h2,4,8,12H,3,5-7,9-10H2,1H3/t12-/m1/s1. The maximum atomic E-state index is 12.2. The van der Waals surface area contributed by atoms with Gasteiger partial charge >= 0.3 is 0 Å². The van der Waals surface area contributed by atoms with Crippen LogP contribution in [0.1, 0.15) is 18.4 Å². The number of amides is 1. The smallest absolute Gasteiger partial charge is 0.231 e. The minimum atomic E-state index is -2.97. The lowest BCUT2D eigenvalue weighted by Crippen LogP contribution is -2.37. The minimum absolute atomic E-state index is 0.0280. The summed E-state index contributed by atoms with van der Waals surface area (Å²) in [6.07, 6.45) is 1.49. The molecule has 1 saturated heterocycles. The summed E-state index contributed by atoms with van der Waals surface area (Å²) in [5, 5.41) is 0. The van der Waals surface area contributed by atoms with Crippen molar-refractivity contribution in [2.75, 3.05) is 25.3 Å². The predicted octanol–water partition coefficient (Wildman–Crippen LogP) is 0.993. The van der Waals surface area contributed by atoms with Crippen LogP contribution in [0.5, 0.6) is 11.5 Å². The highest BCUT2D eigenvalue weighted by Crippen LogP contribution is 2.32. The molecule has 1 fully saturated rings. The Kier molecular flexibility index (Phi) is 3.99. The number of rotatable bonds is 4. The second kappa shape index (κ2) is 5.79. The highest BCUT2D eigenvalue weighted by Gasteiger charge is 2.32. The van der Waals surface area contributed by atoms with Crippen molar-refractivity contribution >= 4 is 15.7 Å². The molecule has 3 rings (SSSR count). The Morgan fingerprint density at radius 1 is 1.32 bits per heavy atom. The number of benzene rings is 1. The first kappa shape index (κ1) is 15.1. The van der Waals surface area contributed by atoms with Crippen LogP contribution in [0.25, 0.3) is 0 Å². The van der Waals surface area contributed by atoms with E-state index in [-0.39, 0.29) is 30.2 Å². The first-order valence-electron chi connectivity index (χ1n) is 7.29. The zero-order chi connectivity index (χ0) is 15.7. The van der Waals surface area contributed by atoms with Gasteiger partial charge in [-0.15, -0.1) is 0 Å². The summed E-state index contributed by atoms with van der Waals surface area (Å²) in [6.45, 7) is 0.233. The molecule has 22 heavy (non-hydrogen) atoms. The monoisotopic (exact) mass is 325 g/mol. The van der Waals surface area contributed by atoms with Crippen LogP contribution in [0, 0.1) is 0 Å². The highest BCUT2D eigenvalue weighted by atomic mass is 32.2. The van der Waals surface area contributed by atoms with Crippen molar-refractivity contribution in [3.8, 4) is 11.5 Å². The molecule has 2 aliphatic heterocycles. The third-order valence-corrected chi connectivity index (χ3v) is 5.96. The van der Waals surface area contributed by atoms with Gasteiger partial charge in [0.05, 0.1) is 11.5 Å². The second-order valence-corrected chi connectivity index (χ2v) is 7.98. The van der Waals surface area contributed by atoms with Crippen molar-refractivity contribution in [2.24, 2.45) is 0 Å². The molecule has 0 saturated carbocycles. The molecule has 0 N–H and O–H groups in total. The Morgan fingerprint density at radius 3 is 2.82 bits per heavy atom. The van der Waals surface area contributed by atoms with Crippen LogP contribution >= 0.6 is 0 Å². The van der Waals surface area contributed by atoms with E-state index >= 15 is 0 Å². The predicted molar refractivity (Wildman–Crippen MR) is 80.7 cm³/mol. The molecular weight excluding hydrogens is 306 g/mol. The summed E-state index contributed by atoms with van der Waals surface area (Å²) in [7, 11) is -1.28. The van der Waals surface area contributed by atoms with E-state index in [4.69, 9.17) is 9.47 Å². The molecule has 2 aliphatic rings. The third-order valence-electron chi connectivity index (χ3n) is 4.21. The average molecular weight is 325 g/mol. The van der Waals surface area contributed by atoms with Gasteiger partial charge in [-0.3, -0.25) is 4.79 Å². The van der Waals surface area contributed by atoms with E-state index in [1.807, 2.05) is 18.2 Å². The van der Waals surface area contributed by atoms with E-state index in [0.717, 1.165) is 11.3 Å². The van der Waals surface area contributed by atoms with Crippen molar-refractivity contribution in [3.63, 3.8) is 0 Å². The van der Waals surface area contributed by atoms with Crippen LogP contribution in [0.15, 0.2) is 18.2 Å². The van der Waals surface area contributed by atoms with Crippen LogP contribution in [-0.4, -0.2) is 50.6 Å². The van der Waals surface area contributed by atoms with Gasteiger partial charge in [-0.25, -0.2) is 8.42 Å². The fourth-order valence-electron chi connectivity index (χ4n) is 2.81. The lowest BCUT2D eigenvalue weighted by molar-refractivity contribution is -0.131. The van der Waals surface area contributed by atoms with Gasteiger partial charge in [-0.1, -0.05) is 6.07 Å². The fraction of sp³-hybridized carbons (Fsp3) is 0.533. The van der Waals surface area contributed by atoms with E-state index in [0.29, 0.717) is 25.0 Å². The minimum Gasteiger partial charge on any atom is -0.454 e. The fourth-order valence-corrected chi connectivity index (χ4v) is 4.58. The number of sulfone groups is 1.